The first kappa shape index (κ1) is 11.2. The van der Waals surface area contributed by atoms with Crippen LogP contribution >= 0.6 is 0 Å². The van der Waals surface area contributed by atoms with Gasteiger partial charge in [-0.2, -0.15) is 0 Å². The molecule has 1 amide bonds. The van der Waals surface area contributed by atoms with E-state index in [1.807, 2.05) is 18.8 Å². The Labute approximate surface area is 85.7 Å². The molecule has 0 aliphatic carbocycles. The fourth-order valence-corrected chi connectivity index (χ4v) is 0.995. The molecule has 0 fully saturated rings. The van der Waals surface area contributed by atoms with Crippen LogP contribution in [0.4, 0.5) is 0 Å². The van der Waals surface area contributed by atoms with E-state index in [9.17, 15) is 14.4 Å². The molecule has 0 unspecified atom stereocenters. The maximum absolute atomic E-state index is 11.5. The van der Waals surface area contributed by atoms with Crippen LogP contribution in [0.1, 0.15) is 30.8 Å². The van der Waals surface area contributed by atoms with Gasteiger partial charge in [0.15, 0.2) is 0 Å². The van der Waals surface area contributed by atoms with E-state index in [2.05, 4.69) is 10.3 Å². The monoisotopic (exact) mass is 211 g/mol. The summed E-state index contributed by atoms with van der Waals surface area (Å²) in [6, 6.07) is 1.05. The van der Waals surface area contributed by atoms with Crippen molar-refractivity contribution in [3.63, 3.8) is 0 Å². The number of amides is 1. The molecule has 82 valence electrons. The summed E-state index contributed by atoms with van der Waals surface area (Å²) in [5.41, 5.74) is -1.30. The fourth-order valence-electron chi connectivity index (χ4n) is 0.995. The highest BCUT2D eigenvalue weighted by atomic mass is 16.2. The molecular weight excluding hydrogens is 198 g/mol. The molecule has 1 rings (SSSR count). The molecule has 0 aliphatic rings. The maximum atomic E-state index is 11.5. The van der Waals surface area contributed by atoms with Gasteiger partial charge in [-0.3, -0.25) is 14.6 Å². The Hall–Kier alpha value is -1.85. The van der Waals surface area contributed by atoms with Crippen molar-refractivity contribution in [2.45, 2.75) is 26.3 Å². The Bertz CT molecular complexity index is 432. The Kier molecular flexibility index (Phi) is 3.43. The minimum Gasteiger partial charge on any atom is -0.348 e. The smallest absolute Gasteiger partial charge is 0.326 e. The van der Waals surface area contributed by atoms with Crippen LogP contribution in [-0.2, 0) is 0 Å². The summed E-state index contributed by atoms with van der Waals surface area (Å²) in [4.78, 5) is 37.5. The van der Waals surface area contributed by atoms with Crippen molar-refractivity contribution in [1.29, 1.82) is 0 Å². The average molecular weight is 211 g/mol. The molecule has 0 saturated carbocycles. The second-order valence-corrected chi connectivity index (χ2v) is 3.28. The van der Waals surface area contributed by atoms with E-state index in [4.69, 9.17) is 0 Å². The van der Waals surface area contributed by atoms with Gasteiger partial charge < -0.3 is 10.3 Å². The zero-order chi connectivity index (χ0) is 11.4. The van der Waals surface area contributed by atoms with Crippen molar-refractivity contribution in [2.75, 3.05) is 0 Å². The van der Waals surface area contributed by atoms with Gasteiger partial charge in [0.05, 0.1) is 0 Å². The van der Waals surface area contributed by atoms with Crippen molar-refractivity contribution in [2.24, 2.45) is 0 Å². The van der Waals surface area contributed by atoms with Crippen LogP contribution in [0.3, 0.4) is 0 Å². The van der Waals surface area contributed by atoms with Gasteiger partial charge in [0.25, 0.3) is 11.5 Å². The molecule has 1 heterocycles. The van der Waals surface area contributed by atoms with Crippen LogP contribution in [-0.4, -0.2) is 21.9 Å². The third-order valence-electron chi connectivity index (χ3n) is 1.99. The largest absolute Gasteiger partial charge is 0.348 e. The lowest BCUT2D eigenvalue weighted by molar-refractivity contribution is 0.0933. The van der Waals surface area contributed by atoms with Crippen molar-refractivity contribution < 1.29 is 4.79 Å². The third-order valence-corrected chi connectivity index (χ3v) is 1.99. The van der Waals surface area contributed by atoms with Gasteiger partial charge >= 0.3 is 5.69 Å². The van der Waals surface area contributed by atoms with Crippen LogP contribution in [0, 0.1) is 0 Å². The minimum absolute atomic E-state index is 0.000268. The molecule has 15 heavy (non-hydrogen) atoms. The Balaban J connectivity index is 2.92. The lowest BCUT2D eigenvalue weighted by atomic mass is 10.2. The summed E-state index contributed by atoms with van der Waals surface area (Å²) in [5.74, 6) is -0.451. The van der Waals surface area contributed by atoms with E-state index < -0.39 is 17.2 Å². The number of hydrogen-bond acceptors (Lipinski definition) is 3. The Morgan fingerprint density at radius 1 is 1.47 bits per heavy atom. The van der Waals surface area contributed by atoms with Crippen molar-refractivity contribution in [3.8, 4) is 0 Å². The highest BCUT2D eigenvalue weighted by molar-refractivity contribution is 5.92. The first-order chi connectivity index (χ1) is 7.02. The molecule has 6 nitrogen and oxygen atoms in total. The zero-order valence-corrected chi connectivity index (χ0v) is 8.59. The standard InChI is InChI=1S/C9H13N3O3/c1-3-5(2)10-8(14)6-4-7(13)12-9(15)11-6/h4-5H,3H2,1-2H3,(H,10,14)(H2,11,12,13,15)/t5-/m0/s1. The SMILES string of the molecule is CC[C@H](C)NC(=O)c1cc(=O)[nH]c(=O)[nH]1. The van der Waals surface area contributed by atoms with Gasteiger partial charge in [-0.25, -0.2) is 4.79 Å². The molecule has 1 atom stereocenters. The molecule has 6 heteroatoms. The van der Waals surface area contributed by atoms with Crippen LogP contribution in [0.15, 0.2) is 15.7 Å². The number of aromatic nitrogens is 2. The van der Waals surface area contributed by atoms with Crippen LogP contribution in [0.2, 0.25) is 0 Å². The molecule has 0 radical (unpaired) electrons. The maximum Gasteiger partial charge on any atom is 0.326 e. The number of carbonyl (C=O) groups excluding carboxylic acids is 1. The highest BCUT2D eigenvalue weighted by Crippen LogP contribution is 1.91. The van der Waals surface area contributed by atoms with E-state index in [0.717, 1.165) is 12.5 Å². The predicted molar refractivity (Wildman–Crippen MR) is 54.9 cm³/mol. The number of nitrogens with one attached hydrogen (secondary N) is 3. The van der Waals surface area contributed by atoms with Crippen LogP contribution < -0.4 is 16.6 Å². The van der Waals surface area contributed by atoms with Gasteiger partial charge in [-0.1, -0.05) is 6.92 Å². The highest BCUT2D eigenvalue weighted by Gasteiger charge is 2.09. The van der Waals surface area contributed by atoms with Gasteiger partial charge in [-0.05, 0) is 13.3 Å². The van der Waals surface area contributed by atoms with Gasteiger partial charge in [0.2, 0.25) is 0 Å². The summed E-state index contributed by atoms with van der Waals surface area (Å²) >= 11 is 0. The number of carbonyl (C=O) groups is 1. The first-order valence-corrected chi connectivity index (χ1v) is 4.67. The molecule has 0 spiro atoms. The van der Waals surface area contributed by atoms with Crippen molar-refractivity contribution >= 4 is 5.91 Å². The van der Waals surface area contributed by atoms with Crippen molar-refractivity contribution in [1.82, 2.24) is 15.3 Å². The summed E-state index contributed by atoms with van der Waals surface area (Å²) in [6.07, 6.45) is 0.777. The van der Waals surface area contributed by atoms with Gasteiger partial charge in [-0.15, -0.1) is 0 Å². The number of aromatic amines is 2. The van der Waals surface area contributed by atoms with E-state index >= 15 is 0 Å². The molecule has 0 aliphatic heterocycles. The van der Waals surface area contributed by atoms with Crippen LogP contribution in [0.25, 0.3) is 0 Å². The quantitative estimate of drug-likeness (QED) is 0.634. The molecule has 3 N–H and O–H groups in total. The molecule has 0 bridgehead atoms. The summed E-state index contributed by atoms with van der Waals surface area (Å²) in [7, 11) is 0. The second kappa shape index (κ2) is 4.59. The summed E-state index contributed by atoms with van der Waals surface area (Å²) < 4.78 is 0. The van der Waals surface area contributed by atoms with Crippen LogP contribution in [0.5, 0.6) is 0 Å². The third kappa shape index (κ3) is 3.08. The molecule has 0 saturated heterocycles. The average Bonchev–Trinajstić information content (AvgIpc) is 2.16. The lowest BCUT2D eigenvalue weighted by Crippen LogP contribution is -2.35. The number of hydrogen-bond donors (Lipinski definition) is 3. The minimum atomic E-state index is -0.684. The van der Waals surface area contributed by atoms with E-state index in [0.29, 0.717) is 0 Å². The molecule has 1 aromatic heterocycles. The molecule has 1 aromatic rings. The van der Waals surface area contributed by atoms with E-state index in [-0.39, 0.29) is 11.7 Å². The van der Waals surface area contributed by atoms with E-state index in [1.165, 1.54) is 0 Å². The zero-order valence-electron chi connectivity index (χ0n) is 8.59. The number of rotatable bonds is 3. The fraction of sp³-hybridized carbons (Fsp3) is 0.444. The molecule has 0 aromatic carbocycles. The topological polar surface area (TPSA) is 94.8 Å². The van der Waals surface area contributed by atoms with Crippen molar-refractivity contribution in [3.05, 3.63) is 32.6 Å². The number of H-pyrrole nitrogens is 2. The van der Waals surface area contributed by atoms with E-state index in [1.54, 1.807) is 0 Å². The second-order valence-electron chi connectivity index (χ2n) is 3.28. The summed E-state index contributed by atoms with van der Waals surface area (Å²) in [6.45, 7) is 3.76. The first-order valence-electron chi connectivity index (χ1n) is 4.67. The normalized spacial score (nSPS) is 12.1. The predicted octanol–water partition coefficient (Wildman–Crippen LogP) is -0.409. The van der Waals surface area contributed by atoms with Gasteiger partial charge in [0, 0.05) is 12.1 Å². The summed E-state index contributed by atoms with van der Waals surface area (Å²) in [5, 5.41) is 2.64. The lowest BCUT2D eigenvalue weighted by Gasteiger charge is -2.10. The molecular formula is C9H13N3O3. The van der Waals surface area contributed by atoms with Gasteiger partial charge in [0.1, 0.15) is 5.69 Å². The Morgan fingerprint density at radius 2 is 2.13 bits per heavy atom. The Morgan fingerprint density at radius 3 is 2.67 bits per heavy atom.